The van der Waals surface area contributed by atoms with Crippen LogP contribution in [0.2, 0.25) is 0 Å². The minimum atomic E-state index is -1.75. The number of hydrogen-bond donors (Lipinski definition) is 0. The van der Waals surface area contributed by atoms with E-state index in [4.69, 9.17) is 9.47 Å². The highest BCUT2D eigenvalue weighted by Gasteiger charge is 2.60. The molecule has 0 aromatic rings. The van der Waals surface area contributed by atoms with Crippen LogP contribution in [-0.4, -0.2) is 97.5 Å². The van der Waals surface area contributed by atoms with E-state index in [9.17, 15) is 0 Å². The van der Waals surface area contributed by atoms with Crippen molar-refractivity contribution in [2.75, 3.05) is 78.8 Å². The molecule has 28 heavy (non-hydrogen) atoms. The summed E-state index contributed by atoms with van der Waals surface area (Å²) in [6.07, 6.45) is 5.05. The molecular weight excluding hydrogens is 395 g/mol. The molecule has 0 spiro atoms. The van der Waals surface area contributed by atoms with Gasteiger partial charge in [0.15, 0.2) is 0 Å². The summed E-state index contributed by atoms with van der Waals surface area (Å²) < 4.78 is 22.9. The fourth-order valence-corrected chi connectivity index (χ4v) is 9.49. The first-order valence-corrected chi connectivity index (χ1v) is 12.9. The summed E-state index contributed by atoms with van der Waals surface area (Å²) in [6, 6.07) is 0. The van der Waals surface area contributed by atoms with E-state index in [1.165, 1.54) is 38.8 Å². The molecule has 0 aliphatic carbocycles. The van der Waals surface area contributed by atoms with E-state index in [1.54, 1.807) is 0 Å². The first kappa shape index (κ1) is 26.5. The van der Waals surface area contributed by atoms with Gasteiger partial charge in [-0.05, 0) is 26.7 Å². The molecule has 0 N–H and O–H groups in total. The van der Waals surface area contributed by atoms with Crippen LogP contribution < -0.4 is 12.4 Å². The lowest BCUT2D eigenvalue weighted by molar-refractivity contribution is -0.00000751. The fraction of sp³-hybridized carbons (Fsp3) is 1.00. The van der Waals surface area contributed by atoms with E-state index >= 15 is 0 Å². The number of unbranched alkanes of at least 4 members (excludes halogenated alkanes) is 2. The smallest absolute Gasteiger partial charge is 0.308 e. The van der Waals surface area contributed by atoms with Crippen molar-refractivity contribution < 1.29 is 21.9 Å². The van der Waals surface area contributed by atoms with Crippen LogP contribution in [0.4, 0.5) is 0 Å². The Morgan fingerprint density at radius 3 is 1.32 bits per heavy atom. The van der Waals surface area contributed by atoms with Crippen molar-refractivity contribution >= 4 is 7.87 Å². The van der Waals surface area contributed by atoms with Gasteiger partial charge in [-0.3, -0.25) is 0 Å². The van der Waals surface area contributed by atoms with Crippen LogP contribution in [0, 0.1) is 0 Å². The second kappa shape index (κ2) is 14.5. The molecule has 0 unspecified atom stereocenters. The number of hydrogen-bond acceptors (Lipinski definition) is 6. The molecule has 168 valence electrons. The molecule has 2 aliphatic rings. The van der Waals surface area contributed by atoms with Crippen molar-refractivity contribution in [2.24, 2.45) is 0 Å². The maximum Gasteiger partial charge on any atom is 0.308 e. The summed E-state index contributed by atoms with van der Waals surface area (Å²) in [7, 11) is -1.75. The molecule has 0 saturated carbocycles. The van der Waals surface area contributed by atoms with Crippen LogP contribution in [0.3, 0.4) is 0 Å². The van der Waals surface area contributed by atoms with Crippen molar-refractivity contribution in [1.29, 1.82) is 0 Å². The number of halogens is 1. The summed E-state index contributed by atoms with van der Waals surface area (Å²) in [5, 5.41) is 0. The van der Waals surface area contributed by atoms with Crippen LogP contribution in [0.5, 0.6) is 0 Å². The molecule has 6 nitrogen and oxygen atoms in total. The number of morpholine rings is 2. The van der Waals surface area contributed by atoms with Gasteiger partial charge in [0.2, 0.25) is 0 Å². The first-order valence-electron chi connectivity index (χ1n) is 11.3. The predicted octanol–water partition coefficient (Wildman–Crippen LogP) is 0.576. The first-order chi connectivity index (χ1) is 13.2. The van der Waals surface area contributed by atoms with Crippen molar-refractivity contribution in [3.05, 3.63) is 0 Å². The summed E-state index contributed by atoms with van der Waals surface area (Å²) in [5.41, 5.74) is 0. The maximum atomic E-state index is 5.77. The topological polar surface area (TPSA) is 31.4 Å². The summed E-state index contributed by atoms with van der Waals surface area (Å²) >= 11 is 0. The van der Waals surface area contributed by atoms with Gasteiger partial charge in [-0.2, -0.15) is 0 Å². The third-order valence-electron chi connectivity index (χ3n) is 5.76. The van der Waals surface area contributed by atoms with Gasteiger partial charge >= 0.3 is 7.87 Å². The minimum Gasteiger partial charge on any atom is -1.00 e. The van der Waals surface area contributed by atoms with Gasteiger partial charge in [-0.25, -0.2) is 0 Å². The normalized spacial score (nSPS) is 19.9. The third kappa shape index (κ3) is 6.24. The zero-order valence-corrected chi connectivity index (χ0v) is 20.4. The molecule has 0 bridgehead atoms. The Morgan fingerprint density at radius 2 is 1.04 bits per heavy atom. The molecule has 8 heteroatoms. The predicted molar refractivity (Wildman–Crippen MR) is 116 cm³/mol. The molecule has 0 radical (unpaired) electrons. The quantitative estimate of drug-likeness (QED) is 0.414. The zero-order chi connectivity index (χ0) is 19.5. The fourth-order valence-electron chi connectivity index (χ4n) is 4.36. The molecule has 0 amide bonds. The molecule has 0 atom stereocenters. The Morgan fingerprint density at radius 1 is 0.679 bits per heavy atom. The molecule has 2 rings (SSSR count). The van der Waals surface area contributed by atoms with Gasteiger partial charge in [-0.15, -0.1) is 18.7 Å². The molecule has 2 fully saturated rings. The standard InChI is InChI=1S/C20H44N4O2P.ClH/c1-5-9-11-21(7-3)27(22(8-4)12-10-6-2,23-13-17-25-18-14-23)24-15-19-26-20-16-24;/h5-20H2,1-4H3;1H/q+1;/p-1. The lowest BCUT2D eigenvalue weighted by atomic mass is 10.3. The van der Waals surface area contributed by atoms with E-state index in [-0.39, 0.29) is 12.4 Å². The van der Waals surface area contributed by atoms with E-state index in [2.05, 4.69) is 46.4 Å². The highest BCUT2D eigenvalue weighted by molar-refractivity contribution is 7.66. The molecule has 2 heterocycles. The average Bonchev–Trinajstić information content (AvgIpc) is 2.74. The van der Waals surface area contributed by atoms with Crippen molar-refractivity contribution in [3.8, 4) is 0 Å². The summed E-state index contributed by atoms with van der Waals surface area (Å²) in [6.45, 7) is 21.6. The van der Waals surface area contributed by atoms with Crippen LogP contribution in [0.25, 0.3) is 0 Å². The summed E-state index contributed by atoms with van der Waals surface area (Å²) in [5.74, 6) is 0. The third-order valence-corrected chi connectivity index (χ3v) is 10.6. The zero-order valence-electron chi connectivity index (χ0n) is 18.7. The van der Waals surface area contributed by atoms with Gasteiger partial charge in [-0.1, -0.05) is 26.7 Å². The second-order valence-electron chi connectivity index (χ2n) is 7.47. The lowest BCUT2D eigenvalue weighted by Gasteiger charge is -2.52. The number of ether oxygens (including phenoxy) is 2. The molecule has 0 aromatic heterocycles. The van der Waals surface area contributed by atoms with Crippen molar-refractivity contribution in [3.63, 3.8) is 0 Å². The highest BCUT2D eigenvalue weighted by Crippen LogP contribution is 2.70. The van der Waals surface area contributed by atoms with Gasteiger partial charge in [0.1, 0.15) is 0 Å². The highest BCUT2D eigenvalue weighted by atomic mass is 35.5. The van der Waals surface area contributed by atoms with Gasteiger partial charge in [0, 0.05) is 26.2 Å². The van der Waals surface area contributed by atoms with E-state index < -0.39 is 7.87 Å². The minimum absolute atomic E-state index is 0. The Kier molecular flexibility index (Phi) is 13.7. The molecular formula is C20H44ClN4O2P. The van der Waals surface area contributed by atoms with E-state index in [1.807, 2.05) is 0 Å². The van der Waals surface area contributed by atoms with Crippen LogP contribution >= 0.6 is 7.87 Å². The largest absolute Gasteiger partial charge is 1.00 e. The van der Waals surface area contributed by atoms with Crippen molar-refractivity contribution in [2.45, 2.75) is 53.4 Å². The van der Waals surface area contributed by atoms with Gasteiger partial charge < -0.3 is 21.9 Å². The van der Waals surface area contributed by atoms with Crippen LogP contribution in [0.15, 0.2) is 0 Å². The van der Waals surface area contributed by atoms with Crippen LogP contribution in [-0.2, 0) is 9.47 Å². The van der Waals surface area contributed by atoms with E-state index in [0.717, 1.165) is 65.7 Å². The second-order valence-corrected chi connectivity index (χ2v) is 10.8. The average molecular weight is 439 g/mol. The van der Waals surface area contributed by atoms with Crippen molar-refractivity contribution in [1.82, 2.24) is 18.7 Å². The Balaban J connectivity index is 0.00000392. The summed E-state index contributed by atoms with van der Waals surface area (Å²) in [4.78, 5) is 0. The van der Waals surface area contributed by atoms with Crippen LogP contribution in [0.1, 0.15) is 53.4 Å². The SMILES string of the molecule is CCCCN(CC)[P+](N(CC)CCCC)(N1CCOCC1)N1CCOCC1.[Cl-]. The Labute approximate surface area is 180 Å². The maximum absolute atomic E-state index is 5.77. The monoisotopic (exact) mass is 438 g/mol. The number of nitrogens with zero attached hydrogens (tertiary/aromatic N) is 4. The Bertz CT molecular complexity index is 360. The Hall–Kier alpha value is 0.480. The van der Waals surface area contributed by atoms with Gasteiger partial charge in [0.05, 0.1) is 52.6 Å². The lowest BCUT2D eigenvalue weighted by Crippen LogP contribution is -3.00. The molecule has 2 saturated heterocycles. The molecule has 0 aromatic carbocycles. The van der Waals surface area contributed by atoms with Gasteiger partial charge in [0.25, 0.3) is 0 Å². The number of rotatable bonds is 12. The molecule has 2 aliphatic heterocycles. The van der Waals surface area contributed by atoms with E-state index in [0.29, 0.717) is 0 Å².